The van der Waals surface area contributed by atoms with Gasteiger partial charge in [0.25, 0.3) is 0 Å². The molecule has 1 unspecified atom stereocenters. The van der Waals surface area contributed by atoms with Crippen LogP contribution < -0.4 is 0 Å². The molecule has 0 saturated carbocycles. The van der Waals surface area contributed by atoms with Crippen molar-refractivity contribution in [2.45, 2.75) is 17.6 Å². The lowest BCUT2D eigenvalue weighted by atomic mass is 10.3. The van der Waals surface area contributed by atoms with Crippen LogP contribution in [-0.4, -0.2) is 22.9 Å². The SMILES string of the molecule is CC1(CSc2ccc(Cl)cn2)CO1. The Balaban J connectivity index is 1.91. The quantitative estimate of drug-likeness (QED) is 0.573. The number of halogens is 1. The Hall–Kier alpha value is -0.250. The Labute approximate surface area is 86.6 Å². The molecule has 2 nitrogen and oxygen atoms in total. The molecule has 2 rings (SSSR count). The van der Waals surface area contributed by atoms with Crippen molar-refractivity contribution in [3.63, 3.8) is 0 Å². The lowest BCUT2D eigenvalue weighted by Crippen LogP contribution is -2.07. The highest BCUT2D eigenvalue weighted by Crippen LogP contribution is 2.32. The number of ether oxygens (including phenoxy) is 1. The summed E-state index contributed by atoms with van der Waals surface area (Å²) in [6, 6.07) is 3.78. The molecule has 0 aliphatic carbocycles. The van der Waals surface area contributed by atoms with Crippen LogP contribution in [0.2, 0.25) is 5.02 Å². The van der Waals surface area contributed by atoms with E-state index in [9.17, 15) is 0 Å². The Morgan fingerprint density at radius 2 is 2.46 bits per heavy atom. The van der Waals surface area contributed by atoms with Crippen LogP contribution in [0.3, 0.4) is 0 Å². The molecule has 2 heterocycles. The number of rotatable bonds is 3. The Kier molecular flexibility index (Phi) is 2.49. The van der Waals surface area contributed by atoms with Crippen molar-refractivity contribution in [3.05, 3.63) is 23.4 Å². The molecule has 1 atom stereocenters. The van der Waals surface area contributed by atoms with Gasteiger partial charge in [-0.05, 0) is 19.1 Å². The van der Waals surface area contributed by atoms with Gasteiger partial charge in [0.1, 0.15) is 0 Å². The fourth-order valence-electron chi connectivity index (χ4n) is 0.881. The molecular weight excluding hydrogens is 206 g/mol. The average Bonchev–Trinajstić information content (AvgIpc) is 2.84. The summed E-state index contributed by atoms with van der Waals surface area (Å²) in [5.41, 5.74) is 0.0893. The van der Waals surface area contributed by atoms with E-state index in [0.717, 1.165) is 17.4 Å². The summed E-state index contributed by atoms with van der Waals surface area (Å²) in [6.07, 6.45) is 1.67. The van der Waals surface area contributed by atoms with E-state index in [4.69, 9.17) is 16.3 Å². The third-order valence-corrected chi connectivity index (χ3v) is 3.38. The molecule has 1 aliphatic rings. The van der Waals surface area contributed by atoms with Crippen LogP contribution in [-0.2, 0) is 4.74 Å². The summed E-state index contributed by atoms with van der Waals surface area (Å²) in [6.45, 7) is 2.98. The lowest BCUT2D eigenvalue weighted by molar-refractivity contribution is 0.348. The topological polar surface area (TPSA) is 25.4 Å². The van der Waals surface area contributed by atoms with Crippen molar-refractivity contribution in [2.24, 2.45) is 0 Å². The second-order valence-electron chi connectivity index (χ2n) is 3.34. The van der Waals surface area contributed by atoms with Crippen LogP contribution in [0.1, 0.15) is 6.92 Å². The number of hydrogen-bond acceptors (Lipinski definition) is 3. The van der Waals surface area contributed by atoms with Gasteiger partial charge in [0.15, 0.2) is 0 Å². The first-order valence-corrected chi connectivity index (χ1v) is 5.43. The van der Waals surface area contributed by atoms with Gasteiger partial charge in [-0.2, -0.15) is 0 Å². The molecule has 13 heavy (non-hydrogen) atoms. The van der Waals surface area contributed by atoms with Crippen molar-refractivity contribution >= 4 is 23.4 Å². The summed E-state index contributed by atoms with van der Waals surface area (Å²) >= 11 is 7.42. The summed E-state index contributed by atoms with van der Waals surface area (Å²) in [5, 5.41) is 1.68. The van der Waals surface area contributed by atoms with Gasteiger partial charge in [-0.3, -0.25) is 0 Å². The summed E-state index contributed by atoms with van der Waals surface area (Å²) in [5.74, 6) is 0.960. The van der Waals surface area contributed by atoms with Gasteiger partial charge >= 0.3 is 0 Å². The standard InChI is InChI=1S/C9H10ClNOS/c1-9(5-12-9)6-13-8-3-2-7(10)4-11-8/h2-4H,5-6H2,1H3. The van der Waals surface area contributed by atoms with Crippen LogP contribution in [0.25, 0.3) is 0 Å². The predicted octanol–water partition coefficient (Wildman–Crippen LogP) is 2.62. The zero-order chi connectivity index (χ0) is 9.31. The molecule has 1 aromatic rings. The van der Waals surface area contributed by atoms with Crippen molar-refractivity contribution in [1.29, 1.82) is 0 Å². The molecule has 1 saturated heterocycles. The molecule has 1 aromatic heterocycles. The smallest absolute Gasteiger partial charge is 0.0982 e. The molecule has 0 amide bonds. The largest absolute Gasteiger partial charge is 0.369 e. The lowest BCUT2D eigenvalue weighted by Gasteiger charge is -2.03. The van der Waals surface area contributed by atoms with Gasteiger partial charge < -0.3 is 4.74 Å². The van der Waals surface area contributed by atoms with Crippen LogP contribution in [0.4, 0.5) is 0 Å². The van der Waals surface area contributed by atoms with E-state index in [1.54, 1.807) is 18.0 Å². The van der Waals surface area contributed by atoms with Crippen molar-refractivity contribution in [1.82, 2.24) is 4.98 Å². The van der Waals surface area contributed by atoms with E-state index < -0.39 is 0 Å². The summed E-state index contributed by atoms with van der Waals surface area (Å²) < 4.78 is 5.27. The molecular formula is C9H10ClNOS. The van der Waals surface area contributed by atoms with Crippen molar-refractivity contribution in [2.75, 3.05) is 12.4 Å². The number of pyridine rings is 1. The summed E-state index contributed by atoms with van der Waals surface area (Å²) in [4.78, 5) is 4.18. The third-order valence-electron chi connectivity index (χ3n) is 1.86. The van der Waals surface area contributed by atoms with Gasteiger partial charge in [-0.25, -0.2) is 4.98 Å². The number of hydrogen-bond donors (Lipinski definition) is 0. The van der Waals surface area contributed by atoms with Crippen LogP contribution in [0.15, 0.2) is 23.4 Å². The van der Waals surface area contributed by atoms with Gasteiger partial charge in [0.2, 0.25) is 0 Å². The zero-order valence-electron chi connectivity index (χ0n) is 7.29. The highest BCUT2D eigenvalue weighted by Gasteiger charge is 2.39. The highest BCUT2D eigenvalue weighted by molar-refractivity contribution is 7.99. The number of epoxide rings is 1. The molecule has 0 radical (unpaired) electrons. The molecule has 70 valence electrons. The van der Waals surface area contributed by atoms with Gasteiger partial charge in [0.05, 0.1) is 22.3 Å². The minimum atomic E-state index is 0.0893. The van der Waals surface area contributed by atoms with E-state index >= 15 is 0 Å². The third kappa shape index (κ3) is 2.59. The van der Waals surface area contributed by atoms with Crippen molar-refractivity contribution in [3.8, 4) is 0 Å². The monoisotopic (exact) mass is 215 g/mol. The van der Waals surface area contributed by atoms with E-state index in [0.29, 0.717) is 5.02 Å². The normalized spacial score (nSPS) is 26.0. The first kappa shape index (κ1) is 9.31. The number of aromatic nitrogens is 1. The van der Waals surface area contributed by atoms with E-state index in [2.05, 4.69) is 11.9 Å². The number of thioether (sulfide) groups is 1. The van der Waals surface area contributed by atoms with E-state index in [1.165, 1.54) is 0 Å². The molecule has 0 N–H and O–H groups in total. The Morgan fingerprint density at radius 3 is 3.00 bits per heavy atom. The fraction of sp³-hybridized carbons (Fsp3) is 0.444. The van der Waals surface area contributed by atoms with Crippen molar-refractivity contribution < 1.29 is 4.74 Å². The second kappa shape index (κ2) is 3.48. The second-order valence-corrected chi connectivity index (χ2v) is 4.77. The van der Waals surface area contributed by atoms with Crippen LogP contribution in [0, 0.1) is 0 Å². The fourth-order valence-corrected chi connectivity index (χ4v) is 1.90. The molecule has 0 spiro atoms. The Morgan fingerprint density at radius 1 is 1.69 bits per heavy atom. The maximum atomic E-state index is 5.72. The average molecular weight is 216 g/mol. The van der Waals surface area contributed by atoms with Crippen LogP contribution in [0.5, 0.6) is 0 Å². The van der Waals surface area contributed by atoms with E-state index in [1.807, 2.05) is 12.1 Å². The first-order valence-electron chi connectivity index (χ1n) is 4.06. The molecule has 1 aliphatic heterocycles. The molecule has 0 aromatic carbocycles. The minimum Gasteiger partial charge on any atom is -0.369 e. The molecule has 1 fully saturated rings. The molecule has 0 bridgehead atoms. The van der Waals surface area contributed by atoms with Gasteiger partial charge in [-0.15, -0.1) is 11.8 Å². The maximum absolute atomic E-state index is 5.72. The highest BCUT2D eigenvalue weighted by atomic mass is 35.5. The zero-order valence-corrected chi connectivity index (χ0v) is 8.86. The summed E-state index contributed by atoms with van der Waals surface area (Å²) in [7, 11) is 0. The Bertz CT molecular complexity index is 297. The number of nitrogens with zero attached hydrogens (tertiary/aromatic N) is 1. The van der Waals surface area contributed by atoms with Crippen LogP contribution >= 0.6 is 23.4 Å². The molecule has 4 heteroatoms. The minimum absolute atomic E-state index is 0.0893. The maximum Gasteiger partial charge on any atom is 0.0982 e. The van der Waals surface area contributed by atoms with Gasteiger partial charge in [-0.1, -0.05) is 11.6 Å². The first-order chi connectivity index (χ1) is 6.18. The van der Waals surface area contributed by atoms with Gasteiger partial charge in [0, 0.05) is 11.9 Å². The van der Waals surface area contributed by atoms with E-state index in [-0.39, 0.29) is 5.60 Å². The predicted molar refractivity (Wildman–Crippen MR) is 54.3 cm³/mol.